The minimum absolute atomic E-state index is 0.0516. The summed E-state index contributed by atoms with van der Waals surface area (Å²) in [5.41, 5.74) is 2.84. The molecule has 4 nitrogen and oxygen atoms in total. The van der Waals surface area contributed by atoms with E-state index in [1.54, 1.807) is 0 Å². The maximum Gasteiger partial charge on any atom is 0.251 e. The highest BCUT2D eigenvalue weighted by Gasteiger charge is 2.07. The molecule has 0 radical (unpaired) electrons. The molecule has 0 bridgehead atoms. The van der Waals surface area contributed by atoms with Crippen LogP contribution in [0.2, 0.25) is 0 Å². The van der Waals surface area contributed by atoms with Crippen molar-refractivity contribution in [1.29, 1.82) is 0 Å². The van der Waals surface area contributed by atoms with Crippen LogP contribution in [-0.2, 0) is 4.74 Å². The lowest BCUT2D eigenvalue weighted by atomic mass is 10.1. The van der Waals surface area contributed by atoms with Crippen molar-refractivity contribution in [3.8, 4) is 0 Å². The van der Waals surface area contributed by atoms with Gasteiger partial charge in [-0.2, -0.15) is 0 Å². The van der Waals surface area contributed by atoms with Gasteiger partial charge in [-0.05, 0) is 43.5 Å². The molecule has 0 spiro atoms. The molecule has 0 aromatic heterocycles. The first-order valence-electron chi connectivity index (χ1n) is 7.25. The summed E-state index contributed by atoms with van der Waals surface area (Å²) in [6.07, 6.45) is 0. The number of benzene rings is 1. The van der Waals surface area contributed by atoms with Gasteiger partial charge in [0.05, 0.1) is 6.61 Å². The average molecular weight is 278 g/mol. The van der Waals surface area contributed by atoms with Crippen LogP contribution in [0.25, 0.3) is 0 Å². The van der Waals surface area contributed by atoms with E-state index in [0.717, 1.165) is 24.4 Å². The van der Waals surface area contributed by atoms with Crippen LogP contribution in [-0.4, -0.2) is 32.2 Å². The summed E-state index contributed by atoms with van der Waals surface area (Å²) in [4.78, 5) is 12.0. The van der Waals surface area contributed by atoms with Gasteiger partial charge in [0.25, 0.3) is 5.91 Å². The number of anilines is 1. The van der Waals surface area contributed by atoms with Crippen LogP contribution >= 0.6 is 0 Å². The van der Waals surface area contributed by atoms with Crippen molar-refractivity contribution < 1.29 is 9.53 Å². The molecule has 1 amide bonds. The monoisotopic (exact) mass is 278 g/mol. The van der Waals surface area contributed by atoms with Crippen molar-refractivity contribution in [2.75, 3.05) is 31.6 Å². The van der Waals surface area contributed by atoms with E-state index in [9.17, 15) is 4.79 Å². The fraction of sp³-hybridized carbons (Fsp3) is 0.562. The number of ether oxygens (including phenoxy) is 1. The van der Waals surface area contributed by atoms with Crippen molar-refractivity contribution in [3.05, 3.63) is 29.3 Å². The van der Waals surface area contributed by atoms with E-state index in [2.05, 4.69) is 31.4 Å². The quantitative estimate of drug-likeness (QED) is 0.719. The first-order chi connectivity index (χ1) is 9.54. The fourth-order valence-electron chi connectivity index (χ4n) is 1.85. The van der Waals surface area contributed by atoms with Crippen LogP contribution in [0.5, 0.6) is 0 Å². The van der Waals surface area contributed by atoms with E-state index in [1.807, 2.05) is 25.1 Å². The highest BCUT2D eigenvalue weighted by Crippen LogP contribution is 2.16. The van der Waals surface area contributed by atoms with E-state index in [0.29, 0.717) is 24.6 Å². The Hall–Kier alpha value is -1.55. The summed E-state index contributed by atoms with van der Waals surface area (Å²) in [6.45, 7) is 11.0. The Morgan fingerprint density at radius 2 is 2.10 bits per heavy atom. The van der Waals surface area contributed by atoms with Crippen molar-refractivity contribution in [1.82, 2.24) is 5.32 Å². The molecule has 0 aliphatic carbocycles. The third-order valence-electron chi connectivity index (χ3n) is 2.84. The lowest BCUT2D eigenvalue weighted by Gasteiger charge is -2.11. The number of aryl methyl sites for hydroxylation is 1. The maximum atomic E-state index is 12.0. The molecule has 0 unspecified atom stereocenters. The number of carbonyl (C=O) groups is 1. The van der Waals surface area contributed by atoms with E-state index >= 15 is 0 Å². The third kappa shape index (κ3) is 5.61. The van der Waals surface area contributed by atoms with Crippen LogP contribution in [0.1, 0.15) is 36.7 Å². The average Bonchev–Trinajstić information content (AvgIpc) is 2.40. The minimum atomic E-state index is -0.0516. The molecule has 0 heterocycles. The van der Waals surface area contributed by atoms with Gasteiger partial charge >= 0.3 is 0 Å². The first kappa shape index (κ1) is 16.5. The highest BCUT2D eigenvalue weighted by molar-refractivity contribution is 5.94. The first-order valence-corrected chi connectivity index (χ1v) is 7.25. The van der Waals surface area contributed by atoms with E-state index < -0.39 is 0 Å². The lowest BCUT2D eigenvalue weighted by molar-refractivity contribution is 0.0886. The number of hydrogen-bond donors (Lipinski definition) is 2. The largest absolute Gasteiger partial charge is 0.385 e. The summed E-state index contributed by atoms with van der Waals surface area (Å²) in [7, 11) is 0. The standard InChI is InChI=1S/C16H26N2O2/c1-5-17-15-7-6-14(10-13(15)4)16(19)18-8-9-20-11-12(2)3/h6-7,10,12,17H,5,8-9,11H2,1-4H3,(H,18,19). The zero-order valence-corrected chi connectivity index (χ0v) is 13.0. The molecule has 1 aromatic carbocycles. The van der Waals surface area contributed by atoms with Crippen molar-refractivity contribution in [2.45, 2.75) is 27.7 Å². The molecule has 0 saturated heterocycles. The maximum absolute atomic E-state index is 12.0. The number of rotatable bonds is 8. The van der Waals surface area contributed by atoms with Gasteiger partial charge in [-0.15, -0.1) is 0 Å². The topological polar surface area (TPSA) is 50.4 Å². The number of amides is 1. The van der Waals surface area contributed by atoms with Gasteiger partial charge in [0.2, 0.25) is 0 Å². The van der Waals surface area contributed by atoms with Crippen LogP contribution in [0.15, 0.2) is 18.2 Å². The number of nitrogens with one attached hydrogen (secondary N) is 2. The van der Waals surface area contributed by atoms with Gasteiger partial charge in [0.15, 0.2) is 0 Å². The SMILES string of the molecule is CCNc1ccc(C(=O)NCCOCC(C)C)cc1C. The molecular formula is C16H26N2O2. The molecule has 20 heavy (non-hydrogen) atoms. The summed E-state index contributed by atoms with van der Waals surface area (Å²) in [6, 6.07) is 5.70. The van der Waals surface area contributed by atoms with Gasteiger partial charge in [0.1, 0.15) is 0 Å². The predicted octanol–water partition coefficient (Wildman–Crippen LogP) is 2.83. The second-order valence-electron chi connectivity index (χ2n) is 5.28. The Kier molecular flexibility index (Phi) is 7.09. The zero-order valence-electron chi connectivity index (χ0n) is 13.0. The number of carbonyl (C=O) groups excluding carboxylic acids is 1. The Morgan fingerprint density at radius 1 is 1.35 bits per heavy atom. The smallest absolute Gasteiger partial charge is 0.251 e. The predicted molar refractivity (Wildman–Crippen MR) is 83.3 cm³/mol. The van der Waals surface area contributed by atoms with Crippen LogP contribution in [0, 0.1) is 12.8 Å². The van der Waals surface area contributed by atoms with Crippen LogP contribution in [0.3, 0.4) is 0 Å². The molecular weight excluding hydrogens is 252 g/mol. The van der Waals surface area contributed by atoms with Gasteiger partial charge in [0, 0.05) is 30.9 Å². The molecule has 0 saturated carbocycles. The Labute approximate surface area is 121 Å². The van der Waals surface area contributed by atoms with Crippen LogP contribution in [0.4, 0.5) is 5.69 Å². The molecule has 0 fully saturated rings. The van der Waals surface area contributed by atoms with Gasteiger partial charge in [-0.25, -0.2) is 0 Å². The molecule has 1 rings (SSSR count). The second-order valence-corrected chi connectivity index (χ2v) is 5.28. The fourth-order valence-corrected chi connectivity index (χ4v) is 1.85. The summed E-state index contributed by atoms with van der Waals surface area (Å²) in [5, 5.41) is 6.13. The van der Waals surface area contributed by atoms with Gasteiger partial charge in [-0.1, -0.05) is 13.8 Å². The summed E-state index contributed by atoms with van der Waals surface area (Å²) in [5.74, 6) is 0.469. The summed E-state index contributed by atoms with van der Waals surface area (Å²) < 4.78 is 5.43. The van der Waals surface area contributed by atoms with Gasteiger partial charge < -0.3 is 15.4 Å². The van der Waals surface area contributed by atoms with E-state index in [1.165, 1.54) is 0 Å². The zero-order chi connectivity index (χ0) is 15.0. The van der Waals surface area contributed by atoms with Gasteiger partial charge in [-0.3, -0.25) is 4.79 Å². The van der Waals surface area contributed by atoms with E-state index in [-0.39, 0.29) is 5.91 Å². The van der Waals surface area contributed by atoms with Crippen molar-refractivity contribution in [3.63, 3.8) is 0 Å². The molecule has 112 valence electrons. The Morgan fingerprint density at radius 3 is 2.70 bits per heavy atom. The third-order valence-corrected chi connectivity index (χ3v) is 2.84. The molecule has 4 heteroatoms. The summed E-state index contributed by atoms with van der Waals surface area (Å²) >= 11 is 0. The molecule has 0 aliphatic heterocycles. The molecule has 2 N–H and O–H groups in total. The Bertz CT molecular complexity index is 430. The van der Waals surface area contributed by atoms with Crippen molar-refractivity contribution >= 4 is 11.6 Å². The van der Waals surface area contributed by atoms with E-state index in [4.69, 9.17) is 4.74 Å². The van der Waals surface area contributed by atoms with Crippen molar-refractivity contribution in [2.24, 2.45) is 5.92 Å². The molecule has 0 aliphatic rings. The van der Waals surface area contributed by atoms with Crippen LogP contribution < -0.4 is 10.6 Å². The lowest BCUT2D eigenvalue weighted by Crippen LogP contribution is -2.27. The molecule has 1 aromatic rings. The minimum Gasteiger partial charge on any atom is -0.385 e. The normalized spacial score (nSPS) is 10.7. The number of hydrogen-bond acceptors (Lipinski definition) is 3. The Balaban J connectivity index is 2.41. The molecule has 0 atom stereocenters. The highest BCUT2D eigenvalue weighted by atomic mass is 16.5. The second kappa shape index (κ2) is 8.59.